The van der Waals surface area contributed by atoms with Crippen molar-refractivity contribution < 1.29 is 14.6 Å². The predicted octanol–water partition coefficient (Wildman–Crippen LogP) is 3.57. The zero-order valence-electron chi connectivity index (χ0n) is 10.1. The maximum atomic E-state index is 10.5. The summed E-state index contributed by atoms with van der Waals surface area (Å²) in [6.45, 7) is 2.64. The van der Waals surface area contributed by atoms with E-state index >= 15 is 0 Å². The standard InChI is InChI=1S/C13H15ClO3S/c1-2-18-9-8-17-13-10(6-7-12(15)16)4-3-5-11(13)14/h3-7H,2,8-9H2,1H3,(H,15,16)/b7-6+. The van der Waals surface area contributed by atoms with Crippen LogP contribution in [0.3, 0.4) is 0 Å². The van der Waals surface area contributed by atoms with Gasteiger partial charge in [-0.05, 0) is 17.9 Å². The highest BCUT2D eigenvalue weighted by atomic mass is 35.5. The number of ether oxygens (including phenoxy) is 1. The number of para-hydroxylation sites is 1. The van der Waals surface area contributed by atoms with Crippen molar-refractivity contribution in [1.29, 1.82) is 0 Å². The number of halogens is 1. The van der Waals surface area contributed by atoms with Crippen LogP contribution in [-0.2, 0) is 4.79 Å². The van der Waals surface area contributed by atoms with Crippen molar-refractivity contribution in [2.24, 2.45) is 0 Å². The smallest absolute Gasteiger partial charge is 0.328 e. The summed E-state index contributed by atoms with van der Waals surface area (Å²) in [5, 5.41) is 9.11. The number of hydrogen-bond acceptors (Lipinski definition) is 3. The van der Waals surface area contributed by atoms with Gasteiger partial charge in [0.05, 0.1) is 11.6 Å². The molecule has 0 bridgehead atoms. The highest BCUT2D eigenvalue weighted by Crippen LogP contribution is 2.29. The van der Waals surface area contributed by atoms with Crippen LogP contribution in [0.4, 0.5) is 0 Å². The van der Waals surface area contributed by atoms with Gasteiger partial charge in [-0.15, -0.1) is 0 Å². The molecule has 0 atom stereocenters. The summed E-state index contributed by atoms with van der Waals surface area (Å²) in [5.41, 5.74) is 0.673. The fourth-order valence-corrected chi connectivity index (χ4v) is 2.04. The SMILES string of the molecule is CCSCCOc1c(Cl)cccc1/C=C/C(=O)O. The minimum atomic E-state index is -0.998. The summed E-state index contributed by atoms with van der Waals surface area (Å²) < 4.78 is 5.61. The van der Waals surface area contributed by atoms with Crippen LogP contribution in [0.1, 0.15) is 12.5 Å². The highest BCUT2D eigenvalue weighted by molar-refractivity contribution is 7.99. The Bertz CT molecular complexity index is 432. The van der Waals surface area contributed by atoms with Gasteiger partial charge in [-0.2, -0.15) is 11.8 Å². The Morgan fingerprint density at radius 1 is 1.56 bits per heavy atom. The maximum Gasteiger partial charge on any atom is 0.328 e. The van der Waals surface area contributed by atoms with Gasteiger partial charge in [-0.25, -0.2) is 4.79 Å². The second-order valence-corrected chi connectivity index (χ2v) is 5.18. The van der Waals surface area contributed by atoms with Gasteiger partial charge >= 0.3 is 5.97 Å². The van der Waals surface area contributed by atoms with Crippen LogP contribution in [0.25, 0.3) is 6.08 Å². The summed E-state index contributed by atoms with van der Waals surface area (Å²) in [6, 6.07) is 5.26. The first-order chi connectivity index (χ1) is 8.65. The summed E-state index contributed by atoms with van der Waals surface area (Å²) >= 11 is 7.82. The van der Waals surface area contributed by atoms with Crippen LogP contribution < -0.4 is 4.74 Å². The molecule has 0 aromatic heterocycles. The van der Waals surface area contributed by atoms with E-state index in [0.29, 0.717) is 22.9 Å². The van der Waals surface area contributed by atoms with Crippen molar-refractivity contribution in [1.82, 2.24) is 0 Å². The van der Waals surface area contributed by atoms with E-state index in [2.05, 4.69) is 6.92 Å². The first kappa shape index (κ1) is 14.9. The molecule has 0 saturated carbocycles. The Labute approximate surface area is 116 Å². The lowest BCUT2D eigenvalue weighted by Crippen LogP contribution is -2.02. The first-order valence-corrected chi connectivity index (χ1v) is 7.08. The van der Waals surface area contributed by atoms with Crippen LogP contribution >= 0.6 is 23.4 Å². The van der Waals surface area contributed by atoms with E-state index in [0.717, 1.165) is 17.6 Å². The van der Waals surface area contributed by atoms with E-state index < -0.39 is 5.97 Å². The van der Waals surface area contributed by atoms with Crippen molar-refractivity contribution in [3.05, 3.63) is 34.9 Å². The van der Waals surface area contributed by atoms with E-state index in [1.54, 1.807) is 30.0 Å². The van der Waals surface area contributed by atoms with Crippen LogP contribution in [-0.4, -0.2) is 29.2 Å². The number of carbonyl (C=O) groups is 1. The van der Waals surface area contributed by atoms with Gasteiger partial charge < -0.3 is 9.84 Å². The predicted molar refractivity (Wildman–Crippen MR) is 76.6 cm³/mol. The Kier molecular flexibility index (Phi) is 6.68. The number of rotatable bonds is 7. The maximum absolute atomic E-state index is 10.5. The molecule has 1 N–H and O–H groups in total. The third-order valence-corrected chi connectivity index (χ3v) is 3.24. The second-order valence-electron chi connectivity index (χ2n) is 3.38. The van der Waals surface area contributed by atoms with Gasteiger partial charge in [0.2, 0.25) is 0 Å². The van der Waals surface area contributed by atoms with Crippen molar-refractivity contribution >= 4 is 35.4 Å². The second kappa shape index (κ2) is 8.06. The van der Waals surface area contributed by atoms with Crippen LogP contribution in [0.2, 0.25) is 5.02 Å². The molecule has 0 fully saturated rings. The van der Waals surface area contributed by atoms with Crippen molar-refractivity contribution in [2.75, 3.05) is 18.1 Å². The van der Waals surface area contributed by atoms with Crippen LogP contribution in [0.15, 0.2) is 24.3 Å². The molecule has 0 aliphatic heterocycles. The molecule has 0 unspecified atom stereocenters. The number of carboxylic acid groups (broad SMARTS) is 1. The summed E-state index contributed by atoms with van der Waals surface area (Å²) in [7, 11) is 0. The highest BCUT2D eigenvalue weighted by Gasteiger charge is 2.06. The summed E-state index contributed by atoms with van der Waals surface area (Å²) in [4.78, 5) is 10.5. The molecule has 0 heterocycles. The van der Waals surface area contributed by atoms with Crippen LogP contribution in [0, 0.1) is 0 Å². The molecule has 5 heteroatoms. The Morgan fingerprint density at radius 2 is 2.33 bits per heavy atom. The Balaban J connectivity index is 2.77. The van der Waals surface area contributed by atoms with Gasteiger partial charge in [0.1, 0.15) is 5.75 Å². The van der Waals surface area contributed by atoms with Gasteiger partial charge in [0.15, 0.2) is 0 Å². The molecular formula is C13H15ClO3S. The molecule has 0 aliphatic carbocycles. The van der Waals surface area contributed by atoms with Gasteiger partial charge in [-0.1, -0.05) is 30.7 Å². The largest absolute Gasteiger partial charge is 0.491 e. The van der Waals surface area contributed by atoms with Crippen molar-refractivity contribution in [3.8, 4) is 5.75 Å². The van der Waals surface area contributed by atoms with E-state index in [9.17, 15) is 4.79 Å². The van der Waals surface area contributed by atoms with Crippen LogP contribution in [0.5, 0.6) is 5.75 Å². The molecule has 1 aromatic rings. The van der Waals surface area contributed by atoms with Gasteiger partial charge in [0, 0.05) is 17.4 Å². The molecule has 0 amide bonds. The normalized spacial score (nSPS) is 10.8. The average molecular weight is 287 g/mol. The summed E-state index contributed by atoms with van der Waals surface area (Å²) in [5.74, 6) is 1.46. The lowest BCUT2D eigenvalue weighted by atomic mass is 10.2. The average Bonchev–Trinajstić information content (AvgIpc) is 2.34. The van der Waals surface area contributed by atoms with E-state index in [-0.39, 0.29) is 0 Å². The molecule has 0 radical (unpaired) electrons. The molecular weight excluding hydrogens is 272 g/mol. The first-order valence-electron chi connectivity index (χ1n) is 5.55. The van der Waals surface area contributed by atoms with Gasteiger partial charge in [0.25, 0.3) is 0 Å². The molecule has 1 aromatic carbocycles. The third kappa shape index (κ3) is 5.02. The third-order valence-electron chi connectivity index (χ3n) is 2.08. The Hall–Kier alpha value is -1.13. The minimum absolute atomic E-state index is 0.490. The van der Waals surface area contributed by atoms with E-state index in [4.69, 9.17) is 21.4 Å². The quantitative estimate of drug-likeness (QED) is 0.615. The van der Waals surface area contributed by atoms with E-state index in [1.165, 1.54) is 6.08 Å². The fraction of sp³-hybridized carbons (Fsp3) is 0.308. The monoisotopic (exact) mass is 286 g/mol. The number of hydrogen-bond donors (Lipinski definition) is 1. The Morgan fingerprint density at radius 3 is 3.00 bits per heavy atom. The molecule has 0 spiro atoms. The number of carboxylic acids is 1. The number of benzene rings is 1. The topological polar surface area (TPSA) is 46.5 Å². The zero-order valence-corrected chi connectivity index (χ0v) is 11.6. The molecule has 98 valence electrons. The van der Waals surface area contributed by atoms with Crippen molar-refractivity contribution in [2.45, 2.75) is 6.92 Å². The minimum Gasteiger partial charge on any atom is -0.491 e. The fourth-order valence-electron chi connectivity index (χ4n) is 1.32. The molecule has 0 saturated heterocycles. The number of aliphatic carboxylic acids is 1. The molecule has 3 nitrogen and oxygen atoms in total. The molecule has 18 heavy (non-hydrogen) atoms. The van der Waals surface area contributed by atoms with E-state index in [1.807, 2.05) is 0 Å². The van der Waals surface area contributed by atoms with Crippen molar-refractivity contribution in [3.63, 3.8) is 0 Å². The lowest BCUT2D eigenvalue weighted by molar-refractivity contribution is -0.131. The zero-order chi connectivity index (χ0) is 13.4. The molecule has 1 rings (SSSR count). The number of thioether (sulfide) groups is 1. The summed E-state index contributed by atoms with van der Waals surface area (Å²) in [6.07, 6.45) is 2.55. The lowest BCUT2D eigenvalue weighted by Gasteiger charge is -2.10. The molecule has 0 aliphatic rings. The van der Waals surface area contributed by atoms with Gasteiger partial charge in [-0.3, -0.25) is 0 Å².